The second-order valence-corrected chi connectivity index (χ2v) is 2.16. The fourth-order valence-electron chi connectivity index (χ4n) is 0.328. The Bertz CT molecular complexity index is 116. The molecule has 52 valence electrons. The maximum Gasteiger partial charge on any atom is 0.115 e. The highest BCUT2D eigenvalue weighted by atomic mass is 14.9. The molecule has 0 saturated carbocycles. The van der Waals surface area contributed by atoms with E-state index in [9.17, 15) is 0 Å². The van der Waals surface area contributed by atoms with Crippen molar-refractivity contribution < 1.29 is 0 Å². The van der Waals surface area contributed by atoms with E-state index in [1.165, 1.54) is 0 Å². The van der Waals surface area contributed by atoms with Crippen molar-refractivity contribution in [3.05, 3.63) is 12.4 Å². The van der Waals surface area contributed by atoms with Crippen LogP contribution in [0.5, 0.6) is 0 Å². The molecule has 0 aromatic rings. The van der Waals surface area contributed by atoms with Gasteiger partial charge in [-0.05, 0) is 12.3 Å². The summed E-state index contributed by atoms with van der Waals surface area (Å²) in [5, 5.41) is 0. The Hall–Kier alpha value is -0.790. The van der Waals surface area contributed by atoms with Gasteiger partial charge in [0.05, 0.1) is 0 Å². The van der Waals surface area contributed by atoms with E-state index < -0.39 is 0 Å². The third-order valence-electron chi connectivity index (χ3n) is 1.14. The van der Waals surface area contributed by atoms with Gasteiger partial charge in [-0.25, -0.2) is 4.99 Å². The summed E-state index contributed by atoms with van der Waals surface area (Å²) in [6, 6.07) is 0. The molecule has 2 N–H and O–H groups in total. The van der Waals surface area contributed by atoms with Gasteiger partial charge in [0.15, 0.2) is 0 Å². The van der Waals surface area contributed by atoms with Gasteiger partial charge in [0.1, 0.15) is 5.82 Å². The van der Waals surface area contributed by atoms with Gasteiger partial charge in [-0.3, -0.25) is 0 Å². The second kappa shape index (κ2) is 4.13. The molecule has 0 aliphatic rings. The maximum atomic E-state index is 5.20. The molecule has 0 aromatic carbocycles. The molecule has 0 aromatic heterocycles. The predicted molar refractivity (Wildman–Crippen MR) is 41.3 cm³/mol. The molecular weight excluding hydrogens is 112 g/mol. The van der Waals surface area contributed by atoms with Crippen molar-refractivity contribution in [2.24, 2.45) is 16.6 Å². The molecule has 9 heavy (non-hydrogen) atoms. The van der Waals surface area contributed by atoms with Crippen LogP contribution >= 0.6 is 0 Å². The van der Waals surface area contributed by atoms with Gasteiger partial charge < -0.3 is 5.73 Å². The van der Waals surface area contributed by atoms with Crippen molar-refractivity contribution in [3.63, 3.8) is 0 Å². The van der Waals surface area contributed by atoms with E-state index in [1.807, 2.05) is 6.21 Å². The van der Waals surface area contributed by atoms with Crippen LogP contribution in [0.4, 0.5) is 0 Å². The van der Waals surface area contributed by atoms with Crippen molar-refractivity contribution in [2.45, 2.75) is 20.3 Å². The highest BCUT2D eigenvalue weighted by molar-refractivity contribution is 5.61. The smallest absolute Gasteiger partial charge is 0.115 e. The molecule has 0 aliphatic heterocycles. The summed E-state index contributed by atoms with van der Waals surface area (Å²) in [5.41, 5.74) is 5.20. The quantitative estimate of drug-likeness (QED) is 0.572. The van der Waals surface area contributed by atoms with E-state index in [0.717, 1.165) is 6.42 Å². The van der Waals surface area contributed by atoms with Crippen LogP contribution in [0.1, 0.15) is 20.3 Å². The fraction of sp³-hybridized carbons (Fsp3) is 0.571. The van der Waals surface area contributed by atoms with Gasteiger partial charge in [0.25, 0.3) is 0 Å². The molecule has 0 spiro atoms. The number of rotatable bonds is 3. The maximum absolute atomic E-state index is 5.20. The monoisotopic (exact) mass is 126 g/mol. The molecule has 2 heteroatoms. The first-order valence-corrected chi connectivity index (χ1v) is 3.15. The summed E-state index contributed by atoms with van der Waals surface area (Å²) >= 11 is 0. The predicted octanol–water partition coefficient (Wildman–Crippen LogP) is 1.53. The number of nitrogens with two attached hydrogens (primary N) is 1. The Morgan fingerprint density at radius 1 is 1.89 bits per heavy atom. The molecule has 0 saturated heterocycles. The first-order valence-electron chi connectivity index (χ1n) is 3.15. The lowest BCUT2D eigenvalue weighted by Crippen LogP contribution is -1.96. The van der Waals surface area contributed by atoms with Gasteiger partial charge in [0.2, 0.25) is 0 Å². The van der Waals surface area contributed by atoms with Crippen LogP contribution in [0, 0.1) is 5.92 Å². The zero-order valence-electron chi connectivity index (χ0n) is 6.09. The Morgan fingerprint density at radius 3 is 2.78 bits per heavy atom. The van der Waals surface area contributed by atoms with E-state index in [-0.39, 0.29) is 0 Å². The van der Waals surface area contributed by atoms with E-state index in [0.29, 0.717) is 11.7 Å². The van der Waals surface area contributed by atoms with Crippen LogP contribution in [0.2, 0.25) is 0 Å². The molecule has 0 fully saturated rings. The second-order valence-electron chi connectivity index (χ2n) is 2.16. The van der Waals surface area contributed by atoms with Gasteiger partial charge in [0, 0.05) is 6.21 Å². The zero-order chi connectivity index (χ0) is 7.28. The summed E-state index contributed by atoms with van der Waals surface area (Å²) < 4.78 is 0. The van der Waals surface area contributed by atoms with Crippen molar-refractivity contribution in [2.75, 3.05) is 0 Å². The highest BCUT2D eigenvalue weighted by Gasteiger charge is 1.89. The van der Waals surface area contributed by atoms with Crippen LogP contribution in [-0.4, -0.2) is 6.21 Å². The average Bonchev–Trinajstić information content (AvgIpc) is 1.83. The summed E-state index contributed by atoms with van der Waals surface area (Å²) in [4.78, 5) is 3.85. The normalized spacial score (nSPS) is 14.0. The molecule has 0 bridgehead atoms. The highest BCUT2D eigenvalue weighted by Crippen LogP contribution is 1.95. The Morgan fingerprint density at radius 2 is 2.44 bits per heavy atom. The van der Waals surface area contributed by atoms with Gasteiger partial charge in [-0.1, -0.05) is 20.4 Å². The van der Waals surface area contributed by atoms with Crippen LogP contribution in [0.25, 0.3) is 0 Å². The Labute approximate surface area is 56.5 Å². The standard InChI is InChI=1S/C7H14N2/c1-4-6(2)5-9-7(3)8/h5-6H,3-4,8H2,1-2H3. The van der Waals surface area contributed by atoms with E-state index in [2.05, 4.69) is 25.4 Å². The molecule has 0 aliphatic carbocycles. The lowest BCUT2D eigenvalue weighted by molar-refractivity contribution is 0.753. The first kappa shape index (κ1) is 8.21. The van der Waals surface area contributed by atoms with Gasteiger partial charge in [-0.15, -0.1) is 0 Å². The van der Waals surface area contributed by atoms with Crippen LogP contribution in [0.15, 0.2) is 17.4 Å². The Balaban J connectivity index is 3.56. The van der Waals surface area contributed by atoms with Crippen LogP contribution < -0.4 is 5.73 Å². The summed E-state index contributed by atoms with van der Waals surface area (Å²) in [6.45, 7) is 7.64. The largest absolute Gasteiger partial charge is 0.384 e. The number of hydrogen-bond donors (Lipinski definition) is 1. The van der Waals surface area contributed by atoms with E-state index in [4.69, 9.17) is 5.73 Å². The molecule has 2 nitrogen and oxygen atoms in total. The van der Waals surface area contributed by atoms with Crippen molar-refractivity contribution in [3.8, 4) is 0 Å². The lowest BCUT2D eigenvalue weighted by Gasteiger charge is -1.96. The third kappa shape index (κ3) is 5.07. The van der Waals surface area contributed by atoms with Crippen molar-refractivity contribution >= 4 is 6.21 Å². The van der Waals surface area contributed by atoms with Crippen LogP contribution in [-0.2, 0) is 0 Å². The molecule has 0 amide bonds. The molecule has 1 atom stereocenters. The molecule has 0 rings (SSSR count). The minimum absolute atomic E-state index is 0.385. The van der Waals surface area contributed by atoms with E-state index >= 15 is 0 Å². The SMILES string of the molecule is C=C(N)N=CC(C)CC. The van der Waals surface area contributed by atoms with Crippen molar-refractivity contribution in [1.82, 2.24) is 0 Å². The zero-order valence-corrected chi connectivity index (χ0v) is 6.09. The number of nitrogens with zero attached hydrogens (tertiary/aromatic N) is 1. The third-order valence-corrected chi connectivity index (χ3v) is 1.14. The minimum atomic E-state index is 0.385. The molecular formula is C7H14N2. The number of aliphatic imine (C=N–C) groups is 1. The summed E-state index contributed by atoms with van der Waals surface area (Å²) in [7, 11) is 0. The number of hydrogen-bond acceptors (Lipinski definition) is 2. The molecule has 0 heterocycles. The van der Waals surface area contributed by atoms with Gasteiger partial charge in [-0.2, -0.15) is 0 Å². The van der Waals surface area contributed by atoms with Gasteiger partial charge >= 0.3 is 0 Å². The topological polar surface area (TPSA) is 38.4 Å². The van der Waals surface area contributed by atoms with Crippen LogP contribution in [0.3, 0.4) is 0 Å². The summed E-state index contributed by atoms with van der Waals surface area (Å²) in [5.74, 6) is 0.889. The first-order chi connectivity index (χ1) is 4.16. The van der Waals surface area contributed by atoms with Crippen molar-refractivity contribution in [1.29, 1.82) is 0 Å². The van der Waals surface area contributed by atoms with E-state index in [1.54, 1.807) is 0 Å². The summed E-state index contributed by atoms with van der Waals surface area (Å²) in [6.07, 6.45) is 2.92. The minimum Gasteiger partial charge on any atom is -0.384 e. The fourth-order valence-corrected chi connectivity index (χ4v) is 0.328. The molecule has 0 radical (unpaired) electrons. The Kier molecular flexibility index (Phi) is 3.76. The molecule has 1 unspecified atom stereocenters. The average molecular weight is 126 g/mol. The lowest BCUT2D eigenvalue weighted by atomic mass is 10.1.